The van der Waals surface area contributed by atoms with E-state index in [9.17, 15) is 9.59 Å². The van der Waals surface area contributed by atoms with Gasteiger partial charge < -0.3 is 10.1 Å². The highest BCUT2D eigenvalue weighted by Crippen LogP contribution is 2.29. The molecule has 0 aromatic heterocycles. The Kier molecular flexibility index (Phi) is 6.31. The van der Waals surface area contributed by atoms with Crippen LogP contribution in [0, 0.1) is 11.8 Å². The molecule has 0 bridgehead atoms. The third kappa shape index (κ3) is 5.11. The first-order valence-electron chi connectivity index (χ1n) is 7.79. The number of ether oxygens (including phenoxy) is 1. The molecule has 1 aromatic rings. The number of carbonyl (C=O) groups is 2. The molecule has 0 unspecified atom stereocenters. The Bertz CT molecular complexity index is 571. The van der Waals surface area contributed by atoms with E-state index in [0.717, 1.165) is 12.8 Å². The minimum atomic E-state index is -0.616. The van der Waals surface area contributed by atoms with Crippen molar-refractivity contribution in [1.29, 1.82) is 0 Å². The molecular formula is C17H21Cl2NO3. The molecule has 6 heteroatoms. The Morgan fingerprint density at radius 2 is 1.83 bits per heavy atom. The Labute approximate surface area is 146 Å². The molecule has 0 aliphatic heterocycles. The number of halogens is 2. The van der Waals surface area contributed by atoms with E-state index >= 15 is 0 Å². The van der Waals surface area contributed by atoms with Gasteiger partial charge in [-0.3, -0.25) is 4.79 Å². The number of hydrogen-bond acceptors (Lipinski definition) is 3. The number of benzene rings is 1. The van der Waals surface area contributed by atoms with Gasteiger partial charge in [0.05, 0.1) is 5.56 Å². The standard InChI is InChI=1S/C17H21Cl2NO3/c1-10-4-3-5-15(11(10)2)20-16(21)9-23-17(22)12-6-13(18)8-14(19)7-12/h6-8,10-11,15H,3-5,9H2,1-2H3,(H,20,21)/t10-,11-,15-/m1/s1. The van der Waals surface area contributed by atoms with E-state index < -0.39 is 5.97 Å². The second-order valence-electron chi connectivity index (χ2n) is 6.18. The van der Waals surface area contributed by atoms with E-state index in [0.29, 0.717) is 21.9 Å². The highest BCUT2D eigenvalue weighted by Gasteiger charge is 2.28. The lowest BCUT2D eigenvalue weighted by atomic mass is 9.78. The molecule has 3 atom stereocenters. The van der Waals surface area contributed by atoms with Crippen molar-refractivity contribution in [2.45, 2.75) is 39.2 Å². The molecule has 1 fully saturated rings. The van der Waals surface area contributed by atoms with Crippen molar-refractivity contribution in [3.8, 4) is 0 Å². The highest BCUT2D eigenvalue weighted by atomic mass is 35.5. The number of nitrogens with one attached hydrogen (secondary N) is 1. The van der Waals surface area contributed by atoms with E-state index in [1.165, 1.54) is 24.6 Å². The van der Waals surface area contributed by atoms with E-state index in [1.807, 2.05) is 0 Å². The number of carbonyl (C=O) groups excluding carboxylic acids is 2. The van der Waals surface area contributed by atoms with E-state index in [2.05, 4.69) is 19.2 Å². The molecule has 1 aromatic carbocycles. The second-order valence-corrected chi connectivity index (χ2v) is 7.05. The minimum absolute atomic E-state index is 0.144. The van der Waals surface area contributed by atoms with Gasteiger partial charge in [0, 0.05) is 16.1 Å². The molecule has 1 amide bonds. The van der Waals surface area contributed by atoms with Gasteiger partial charge in [-0.2, -0.15) is 0 Å². The summed E-state index contributed by atoms with van der Waals surface area (Å²) in [5.74, 6) is 0.118. The first kappa shape index (κ1) is 18.1. The van der Waals surface area contributed by atoms with Crippen LogP contribution in [0.5, 0.6) is 0 Å². The predicted molar refractivity (Wildman–Crippen MR) is 90.9 cm³/mol. The summed E-state index contributed by atoms with van der Waals surface area (Å²) in [4.78, 5) is 23.9. The second kappa shape index (κ2) is 8.02. The molecule has 0 heterocycles. The van der Waals surface area contributed by atoms with Crippen molar-refractivity contribution in [3.63, 3.8) is 0 Å². The zero-order valence-corrected chi connectivity index (χ0v) is 14.8. The van der Waals surface area contributed by atoms with Crippen LogP contribution >= 0.6 is 23.2 Å². The maximum absolute atomic E-state index is 12.0. The van der Waals surface area contributed by atoms with Crippen LogP contribution in [0.25, 0.3) is 0 Å². The fourth-order valence-electron chi connectivity index (χ4n) is 2.92. The van der Waals surface area contributed by atoms with Crippen LogP contribution in [0.4, 0.5) is 0 Å². The van der Waals surface area contributed by atoms with Crippen molar-refractivity contribution in [3.05, 3.63) is 33.8 Å². The van der Waals surface area contributed by atoms with Crippen LogP contribution < -0.4 is 5.32 Å². The summed E-state index contributed by atoms with van der Waals surface area (Å²) in [6.07, 6.45) is 3.27. The van der Waals surface area contributed by atoms with Gasteiger partial charge >= 0.3 is 5.97 Å². The van der Waals surface area contributed by atoms with E-state index in [4.69, 9.17) is 27.9 Å². The molecule has 4 nitrogen and oxygen atoms in total. The first-order chi connectivity index (χ1) is 10.9. The summed E-state index contributed by atoms with van der Waals surface area (Å²) in [6, 6.07) is 4.58. The third-order valence-electron chi connectivity index (χ3n) is 4.49. The smallest absolute Gasteiger partial charge is 0.338 e. The van der Waals surface area contributed by atoms with Gasteiger partial charge in [0.15, 0.2) is 6.61 Å². The van der Waals surface area contributed by atoms with Crippen molar-refractivity contribution < 1.29 is 14.3 Å². The molecule has 0 saturated heterocycles. The van der Waals surface area contributed by atoms with Gasteiger partial charge in [0.2, 0.25) is 0 Å². The number of rotatable bonds is 4. The Morgan fingerprint density at radius 1 is 1.17 bits per heavy atom. The van der Waals surface area contributed by atoms with Crippen LogP contribution in [0.3, 0.4) is 0 Å². The summed E-state index contributed by atoms with van der Waals surface area (Å²) in [5, 5.41) is 3.65. The molecule has 0 spiro atoms. The van der Waals surface area contributed by atoms with Crippen molar-refractivity contribution in [2.24, 2.45) is 11.8 Å². The summed E-state index contributed by atoms with van der Waals surface area (Å²) >= 11 is 11.7. The highest BCUT2D eigenvalue weighted by molar-refractivity contribution is 6.35. The molecule has 1 N–H and O–H groups in total. The monoisotopic (exact) mass is 357 g/mol. The lowest BCUT2D eigenvalue weighted by Gasteiger charge is -2.34. The van der Waals surface area contributed by atoms with Crippen LogP contribution in [0.1, 0.15) is 43.5 Å². The molecule has 2 rings (SSSR count). The Balaban J connectivity index is 1.85. The number of hydrogen-bond donors (Lipinski definition) is 1. The lowest BCUT2D eigenvalue weighted by Crippen LogP contribution is -2.45. The van der Waals surface area contributed by atoms with Crippen molar-refractivity contribution in [1.82, 2.24) is 5.32 Å². The van der Waals surface area contributed by atoms with Gasteiger partial charge in [-0.1, -0.05) is 49.9 Å². The fraction of sp³-hybridized carbons (Fsp3) is 0.529. The Morgan fingerprint density at radius 3 is 2.48 bits per heavy atom. The molecule has 0 radical (unpaired) electrons. The van der Waals surface area contributed by atoms with Crippen LogP contribution in [-0.2, 0) is 9.53 Å². The molecule has 126 valence electrons. The molecular weight excluding hydrogens is 337 g/mol. The number of esters is 1. The van der Waals surface area contributed by atoms with Crippen LogP contribution in [0.15, 0.2) is 18.2 Å². The van der Waals surface area contributed by atoms with Gasteiger partial charge in [0.1, 0.15) is 0 Å². The molecule has 1 saturated carbocycles. The van der Waals surface area contributed by atoms with Gasteiger partial charge in [-0.05, 0) is 36.5 Å². The Hall–Kier alpha value is -1.26. The van der Waals surface area contributed by atoms with Crippen LogP contribution in [-0.4, -0.2) is 24.5 Å². The van der Waals surface area contributed by atoms with Gasteiger partial charge in [-0.25, -0.2) is 4.79 Å². The quantitative estimate of drug-likeness (QED) is 0.825. The fourth-order valence-corrected chi connectivity index (χ4v) is 3.45. The van der Waals surface area contributed by atoms with Crippen LogP contribution in [0.2, 0.25) is 10.0 Å². The van der Waals surface area contributed by atoms with E-state index in [-0.39, 0.29) is 24.1 Å². The van der Waals surface area contributed by atoms with Crippen molar-refractivity contribution in [2.75, 3.05) is 6.61 Å². The third-order valence-corrected chi connectivity index (χ3v) is 4.92. The van der Waals surface area contributed by atoms with E-state index in [1.54, 1.807) is 0 Å². The zero-order chi connectivity index (χ0) is 17.0. The van der Waals surface area contributed by atoms with Crippen molar-refractivity contribution >= 4 is 35.1 Å². The molecule has 23 heavy (non-hydrogen) atoms. The average Bonchev–Trinajstić information content (AvgIpc) is 2.48. The maximum Gasteiger partial charge on any atom is 0.338 e. The van der Waals surface area contributed by atoms with Gasteiger partial charge in [-0.15, -0.1) is 0 Å². The first-order valence-corrected chi connectivity index (χ1v) is 8.55. The molecule has 1 aliphatic carbocycles. The zero-order valence-electron chi connectivity index (χ0n) is 13.3. The average molecular weight is 358 g/mol. The summed E-state index contributed by atoms with van der Waals surface area (Å²) in [6.45, 7) is 4.04. The van der Waals surface area contributed by atoms with Gasteiger partial charge in [0.25, 0.3) is 5.91 Å². The molecule has 1 aliphatic rings. The summed E-state index contributed by atoms with van der Waals surface area (Å²) in [7, 11) is 0. The predicted octanol–water partition coefficient (Wildman–Crippen LogP) is 4.09. The largest absolute Gasteiger partial charge is 0.452 e. The summed E-state index contributed by atoms with van der Waals surface area (Å²) < 4.78 is 5.04. The normalized spacial score (nSPS) is 24.1. The SMILES string of the molecule is C[C@@H]1[C@H](C)CCC[C@H]1NC(=O)COC(=O)c1cc(Cl)cc(Cl)c1. The number of amides is 1. The summed E-state index contributed by atoms with van der Waals surface area (Å²) in [5.41, 5.74) is 0.231. The minimum Gasteiger partial charge on any atom is -0.452 e. The topological polar surface area (TPSA) is 55.4 Å². The maximum atomic E-state index is 12.0. The lowest BCUT2D eigenvalue weighted by molar-refractivity contribution is -0.125.